The fourth-order valence-corrected chi connectivity index (χ4v) is 2.25. The number of carbonyl (C=O) groups is 1. The third kappa shape index (κ3) is 2.74. The standard InChI is InChI=1S/C17H14FN3O/c18-13-6-4-5-12(11-13)16(22)15-9-10-21(20-17(15)19)14-7-2-1-3-8-14/h1-11,15H,(H2,19,20). The van der Waals surface area contributed by atoms with E-state index in [4.69, 9.17) is 5.73 Å². The van der Waals surface area contributed by atoms with Gasteiger partial charge >= 0.3 is 0 Å². The molecule has 0 saturated carbocycles. The van der Waals surface area contributed by atoms with Crippen LogP contribution in [0.1, 0.15) is 10.4 Å². The highest BCUT2D eigenvalue weighted by atomic mass is 19.1. The van der Waals surface area contributed by atoms with Gasteiger partial charge in [0.25, 0.3) is 0 Å². The highest BCUT2D eigenvalue weighted by Crippen LogP contribution is 2.21. The Balaban J connectivity index is 1.84. The lowest BCUT2D eigenvalue weighted by atomic mass is 9.96. The van der Waals surface area contributed by atoms with Gasteiger partial charge in [-0.15, -0.1) is 0 Å². The number of carbonyl (C=O) groups excluding carboxylic acids is 1. The van der Waals surface area contributed by atoms with Crippen molar-refractivity contribution in [2.75, 3.05) is 5.01 Å². The molecule has 2 aromatic carbocycles. The van der Waals surface area contributed by atoms with E-state index in [1.165, 1.54) is 18.2 Å². The first kappa shape index (κ1) is 14.0. The van der Waals surface area contributed by atoms with E-state index in [0.29, 0.717) is 0 Å². The maximum Gasteiger partial charge on any atom is 0.177 e. The molecule has 1 unspecified atom stereocenters. The number of hydrazone groups is 1. The molecule has 4 nitrogen and oxygen atoms in total. The number of ketones is 1. The van der Waals surface area contributed by atoms with Crippen LogP contribution in [0.15, 0.2) is 72.0 Å². The zero-order chi connectivity index (χ0) is 15.5. The fraction of sp³-hybridized carbons (Fsp3) is 0.0588. The van der Waals surface area contributed by atoms with E-state index < -0.39 is 11.7 Å². The molecule has 0 amide bonds. The monoisotopic (exact) mass is 295 g/mol. The summed E-state index contributed by atoms with van der Waals surface area (Å²) in [5.74, 6) is -1.22. The van der Waals surface area contributed by atoms with Gasteiger partial charge in [0.05, 0.1) is 5.69 Å². The Morgan fingerprint density at radius 1 is 1.14 bits per heavy atom. The molecule has 0 aliphatic carbocycles. The van der Waals surface area contributed by atoms with Gasteiger partial charge in [0.1, 0.15) is 17.6 Å². The molecule has 0 bridgehead atoms. The van der Waals surface area contributed by atoms with Gasteiger partial charge < -0.3 is 5.73 Å². The average Bonchev–Trinajstić information content (AvgIpc) is 2.55. The number of para-hydroxylation sites is 1. The minimum Gasteiger partial charge on any atom is -0.385 e. The number of amidine groups is 1. The molecule has 1 aliphatic heterocycles. The van der Waals surface area contributed by atoms with Crippen molar-refractivity contribution < 1.29 is 9.18 Å². The number of rotatable bonds is 3. The molecule has 110 valence electrons. The molecule has 1 aliphatic rings. The molecule has 0 fully saturated rings. The van der Waals surface area contributed by atoms with Crippen molar-refractivity contribution in [3.05, 3.63) is 78.3 Å². The SMILES string of the molecule is NC1=NN(c2ccccc2)C=CC1C(=O)c1cccc(F)c1. The van der Waals surface area contributed by atoms with E-state index in [0.717, 1.165) is 5.69 Å². The summed E-state index contributed by atoms with van der Waals surface area (Å²) in [4.78, 5) is 12.4. The summed E-state index contributed by atoms with van der Waals surface area (Å²) in [6.45, 7) is 0. The zero-order valence-corrected chi connectivity index (χ0v) is 11.7. The van der Waals surface area contributed by atoms with Crippen molar-refractivity contribution in [2.45, 2.75) is 0 Å². The summed E-state index contributed by atoms with van der Waals surface area (Å²) in [6, 6.07) is 15.0. The number of anilines is 1. The molecular weight excluding hydrogens is 281 g/mol. The topological polar surface area (TPSA) is 58.7 Å². The van der Waals surface area contributed by atoms with Gasteiger partial charge in [-0.1, -0.05) is 30.3 Å². The van der Waals surface area contributed by atoms with E-state index in [2.05, 4.69) is 5.10 Å². The molecule has 3 rings (SSSR count). The molecule has 0 radical (unpaired) electrons. The molecule has 2 aromatic rings. The number of Topliss-reactive ketones (excluding diaryl/α,β-unsaturated/α-hetero) is 1. The second kappa shape index (κ2) is 5.81. The quantitative estimate of drug-likeness (QED) is 0.886. The second-order valence-corrected chi connectivity index (χ2v) is 4.90. The zero-order valence-electron chi connectivity index (χ0n) is 11.7. The summed E-state index contributed by atoms with van der Waals surface area (Å²) in [7, 11) is 0. The minimum absolute atomic E-state index is 0.181. The van der Waals surface area contributed by atoms with Crippen LogP contribution in [0.2, 0.25) is 0 Å². The lowest BCUT2D eigenvalue weighted by Gasteiger charge is -2.23. The lowest BCUT2D eigenvalue weighted by molar-refractivity contribution is 0.0971. The van der Waals surface area contributed by atoms with Crippen molar-refractivity contribution >= 4 is 17.3 Å². The first-order valence-corrected chi connectivity index (χ1v) is 6.81. The van der Waals surface area contributed by atoms with Crippen LogP contribution in [0, 0.1) is 11.7 Å². The van der Waals surface area contributed by atoms with Crippen molar-refractivity contribution in [1.82, 2.24) is 0 Å². The maximum absolute atomic E-state index is 13.2. The van der Waals surface area contributed by atoms with Crippen LogP contribution >= 0.6 is 0 Å². The predicted octanol–water partition coefficient (Wildman–Crippen LogP) is 2.93. The summed E-state index contributed by atoms with van der Waals surface area (Å²) < 4.78 is 13.2. The Morgan fingerprint density at radius 3 is 2.59 bits per heavy atom. The predicted molar refractivity (Wildman–Crippen MR) is 83.9 cm³/mol. The fourth-order valence-electron chi connectivity index (χ4n) is 2.25. The van der Waals surface area contributed by atoms with Crippen LogP contribution in [0.3, 0.4) is 0 Å². The van der Waals surface area contributed by atoms with E-state index >= 15 is 0 Å². The third-order valence-electron chi connectivity index (χ3n) is 3.37. The van der Waals surface area contributed by atoms with Crippen LogP contribution in [0.5, 0.6) is 0 Å². The highest BCUT2D eigenvalue weighted by Gasteiger charge is 2.25. The molecule has 5 heteroatoms. The lowest BCUT2D eigenvalue weighted by Crippen LogP contribution is -2.34. The number of hydrogen-bond donors (Lipinski definition) is 1. The molecular formula is C17H14FN3O. The van der Waals surface area contributed by atoms with Crippen molar-refractivity contribution in [3.63, 3.8) is 0 Å². The Hall–Kier alpha value is -2.95. The van der Waals surface area contributed by atoms with Gasteiger partial charge in [-0.3, -0.25) is 4.79 Å². The van der Waals surface area contributed by atoms with Gasteiger partial charge in [-0.05, 0) is 30.3 Å². The van der Waals surface area contributed by atoms with Crippen LogP contribution < -0.4 is 10.7 Å². The van der Waals surface area contributed by atoms with E-state index in [-0.39, 0.29) is 17.2 Å². The summed E-state index contributed by atoms with van der Waals surface area (Å²) >= 11 is 0. The Labute approximate surface area is 127 Å². The van der Waals surface area contributed by atoms with Crippen LogP contribution in [-0.4, -0.2) is 11.6 Å². The van der Waals surface area contributed by atoms with Crippen LogP contribution in [-0.2, 0) is 0 Å². The molecule has 0 aromatic heterocycles. The van der Waals surface area contributed by atoms with Crippen LogP contribution in [0.25, 0.3) is 0 Å². The summed E-state index contributed by atoms with van der Waals surface area (Å²) in [5.41, 5.74) is 7.05. The Bertz CT molecular complexity index is 756. The normalized spacial score (nSPS) is 17.2. The average molecular weight is 295 g/mol. The second-order valence-electron chi connectivity index (χ2n) is 4.90. The van der Waals surface area contributed by atoms with Crippen molar-refractivity contribution in [3.8, 4) is 0 Å². The van der Waals surface area contributed by atoms with Gasteiger partial charge in [0, 0.05) is 11.8 Å². The highest BCUT2D eigenvalue weighted by molar-refractivity contribution is 6.13. The molecule has 1 atom stereocenters. The molecule has 0 spiro atoms. The Kier molecular flexibility index (Phi) is 3.70. The summed E-state index contributed by atoms with van der Waals surface area (Å²) in [5, 5.41) is 5.83. The van der Waals surface area contributed by atoms with Crippen LogP contribution in [0.4, 0.5) is 10.1 Å². The largest absolute Gasteiger partial charge is 0.385 e. The number of nitrogens with two attached hydrogens (primary N) is 1. The number of halogens is 1. The smallest absolute Gasteiger partial charge is 0.177 e. The number of nitrogens with zero attached hydrogens (tertiary/aromatic N) is 2. The van der Waals surface area contributed by atoms with E-state index in [1.807, 2.05) is 30.3 Å². The van der Waals surface area contributed by atoms with Gasteiger partial charge in [-0.25, -0.2) is 9.40 Å². The van der Waals surface area contributed by atoms with Gasteiger partial charge in [-0.2, -0.15) is 5.10 Å². The van der Waals surface area contributed by atoms with E-state index in [9.17, 15) is 9.18 Å². The first-order chi connectivity index (χ1) is 10.6. The minimum atomic E-state index is -0.679. The van der Waals surface area contributed by atoms with Gasteiger partial charge in [0.2, 0.25) is 0 Å². The number of hydrogen-bond acceptors (Lipinski definition) is 4. The summed E-state index contributed by atoms with van der Waals surface area (Å²) in [6.07, 6.45) is 3.36. The molecule has 1 heterocycles. The Morgan fingerprint density at radius 2 is 1.91 bits per heavy atom. The van der Waals surface area contributed by atoms with Crippen molar-refractivity contribution in [1.29, 1.82) is 0 Å². The third-order valence-corrected chi connectivity index (χ3v) is 3.37. The molecule has 22 heavy (non-hydrogen) atoms. The first-order valence-electron chi connectivity index (χ1n) is 6.81. The number of benzene rings is 2. The maximum atomic E-state index is 13.2. The van der Waals surface area contributed by atoms with Crippen molar-refractivity contribution in [2.24, 2.45) is 16.8 Å². The van der Waals surface area contributed by atoms with E-state index in [1.54, 1.807) is 23.4 Å². The van der Waals surface area contributed by atoms with Gasteiger partial charge in [0.15, 0.2) is 5.78 Å². The molecule has 2 N–H and O–H groups in total. The molecule has 0 saturated heterocycles.